The number of aliphatic carboxylic acids is 1. The number of fused-ring (bicyclic) bond motifs is 1. The summed E-state index contributed by atoms with van der Waals surface area (Å²) in [5.41, 5.74) is -0.897. The summed E-state index contributed by atoms with van der Waals surface area (Å²) in [6.45, 7) is 0. The van der Waals surface area contributed by atoms with Gasteiger partial charge in [0, 0.05) is 22.7 Å². The molecule has 40 heavy (non-hydrogen) atoms. The Bertz CT molecular complexity index is 1730. The van der Waals surface area contributed by atoms with Gasteiger partial charge in [0.25, 0.3) is 0 Å². The summed E-state index contributed by atoms with van der Waals surface area (Å²) >= 11 is 0. The Morgan fingerprint density at radius 3 is 2.15 bits per heavy atom. The maximum Gasteiger partial charge on any atom is 0.420 e. The maximum absolute atomic E-state index is 14.2. The fourth-order valence-electron chi connectivity index (χ4n) is 4.25. The number of aromatic hydroxyl groups is 1. The number of H-pyrrole nitrogens is 1. The number of hydrogen-bond donors (Lipinski definition) is 4. The topological polar surface area (TPSA) is 133 Å². The van der Waals surface area contributed by atoms with Crippen LogP contribution in [0.4, 0.5) is 30.7 Å². The highest BCUT2D eigenvalue weighted by Crippen LogP contribution is 2.50. The molecule has 1 aromatic heterocycles. The van der Waals surface area contributed by atoms with Crippen LogP contribution in [0.25, 0.3) is 22.0 Å². The van der Waals surface area contributed by atoms with Crippen LogP contribution in [0, 0.1) is 5.82 Å². The number of aromatic nitrogens is 1. The molecule has 0 aliphatic heterocycles. The second-order valence-corrected chi connectivity index (χ2v) is 10.6. The van der Waals surface area contributed by atoms with Gasteiger partial charge in [-0.15, -0.1) is 0 Å². The Hall–Kier alpha value is -4.11. The van der Waals surface area contributed by atoms with Crippen molar-refractivity contribution in [2.45, 2.75) is 34.6 Å². The number of hydrogen-bond acceptors (Lipinski definition) is 5. The predicted molar refractivity (Wildman–Crippen MR) is 127 cm³/mol. The summed E-state index contributed by atoms with van der Waals surface area (Å²) in [5, 5.41) is 19.2. The highest BCUT2D eigenvalue weighted by Gasteiger charge is 2.45. The normalized spacial score (nSPS) is 13.5. The van der Waals surface area contributed by atoms with Crippen molar-refractivity contribution in [3.63, 3.8) is 0 Å². The summed E-state index contributed by atoms with van der Waals surface area (Å²) in [4.78, 5) is 13.2. The molecule has 7 nitrogen and oxygen atoms in total. The molecule has 5 N–H and O–H groups in total. The monoisotopic (exact) mass is 590 g/mol. The standard InChI is InChI=1S/C25H17F7N2O5S/c26-13-2-4-14(5-3-13)40(38,39)19-10-34-18-6-1-11(7-15(18)19)20-12(9-17(33)23(36)37)8-16(24(27,28)29)22(35)21(20)25(30,31)32/h1-8,10,17,34-35H,9,33H2,(H,36,37)/t17-/m0/s1. The van der Waals surface area contributed by atoms with E-state index in [9.17, 15) is 49.1 Å². The highest BCUT2D eigenvalue weighted by molar-refractivity contribution is 7.91. The Kier molecular flexibility index (Phi) is 7.09. The minimum Gasteiger partial charge on any atom is -0.507 e. The van der Waals surface area contributed by atoms with Gasteiger partial charge in [0.15, 0.2) is 0 Å². The van der Waals surface area contributed by atoms with Crippen LogP contribution in [0.15, 0.2) is 64.5 Å². The molecule has 0 saturated carbocycles. The Balaban J connectivity index is 2.05. The summed E-state index contributed by atoms with van der Waals surface area (Å²) in [5.74, 6) is -4.58. The van der Waals surface area contributed by atoms with Gasteiger partial charge >= 0.3 is 18.3 Å². The molecular weight excluding hydrogens is 573 g/mol. The van der Waals surface area contributed by atoms with Crippen LogP contribution in [0.1, 0.15) is 16.7 Å². The molecule has 0 fully saturated rings. The number of nitrogens with one attached hydrogen (secondary N) is 1. The summed E-state index contributed by atoms with van der Waals surface area (Å²) in [7, 11) is -4.37. The Morgan fingerprint density at radius 1 is 0.975 bits per heavy atom. The first-order valence-electron chi connectivity index (χ1n) is 11.1. The first-order valence-corrected chi connectivity index (χ1v) is 12.5. The van der Waals surface area contributed by atoms with E-state index in [-0.39, 0.29) is 21.9 Å². The van der Waals surface area contributed by atoms with Crippen LogP contribution in [0.3, 0.4) is 0 Å². The van der Waals surface area contributed by atoms with Crippen LogP contribution in [0.2, 0.25) is 0 Å². The van der Waals surface area contributed by atoms with Crippen molar-refractivity contribution in [3.8, 4) is 16.9 Å². The third-order valence-electron chi connectivity index (χ3n) is 6.07. The third kappa shape index (κ3) is 5.21. The Labute approximate surface area is 220 Å². The van der Waals surface area contributed by atoms with Crippen LogP contribution in [0.5, 0.6) is 5.75 Å². The van der Waals surface area contributed by atoms with E-state index in [1.165, 1.54) is 0 Å². The number of aromatic amines is 1. The van der Waals surface area contributed by atoms with Gasteiger partial charge in [-0.25, -0.2) is 12.8 Å². The van der Waals surface area contributed by atoms with E-state index in [2.05, 4.69) is 4.98 Å². The number of benzene rings is 3. The largest absolute Gasteiger partial charge is 0.507 e. The lowest BCUT2D eigenvalue weighted by Gasteiger charge is -2.23. The summed E-state index contributed by atoms with van der Waals surface area (Å²) < 4.78 is 123. The molecule has 1 atom stereocenters. The van der Waals surface area contributed by atoms with E-state index in [1.54, 1.807) is 0 Å². The lowest BCUT2D eigenvalue weighted by atomic mass is 9.87. The molecular formula is C25H17F7N2O5S. The second-order valence-electron chi connectivity index (χ2n) is 8.70. The van der Waals surface area contributed by atoms with Crippen molar-refractivity contribution in [2.24, 2.45) is 5.73 Å². The highest BCUT2D eigenvalue weighted by atomic mass is 32.2. The molecule has 15 heteroatoms. The zero-order valence-corrected chi connectivity index (χ0v) is 20.5. The molecule has 1 heterocycles. The molecule has 4 aromatic rings. The van der Waals surface area contributed by atoms with Crippen LogP contribution in [-0.4, -0.2) is 35.6 Å². The van der Waals surface area contributed by atoms with Gasteiger partial charge in [-0.2, -0.15) is 26.3 Å². The van der Waals surface area contributed by atoms with Gasteiger partial charge in [-0.05, 0) is 60.0 Å². The molecule has 3 aromatic carbocycles. The van der Waals surface area contributed by atoms with Crippen molar-refractivity contribution < 1.29 is 54.2 Å². The van der Waals surface area contributed by atoms with Crippen molar-refractivity contribution in [1.29, 1.82) is 0 Å². The van der Waals surface area contributed by atoms with E-state index >= 15 is 0 Å². The number of carboxylic acids is 1. The van der Waals surface area contributed by atoms with E-state index in [0.29, 0.717) is 0 Å². The van der Waals surface area contributed by atoms with E-state index in [1.807, 2.05) is 0 Å². The third-order valence-corrected chi connectivity index (χ3v) is 7.88. The van der Waals surface area contributed by atoms with Crippen LogP contribution < -0.4 is 5.73 Å². The predicted octanol–water partition coefficient (Wildman–Crippen LogP) is 5.50. The number of rotatable bonds is 6. The van der Waals surface area contributed by atoms with Gasteiger partial charge in [-0.1, -0.05) is 6.07 Å². The molecule has 0 bridgehead atoms. The molecule has 212 valence electrons. The molecule has 0 radical (unpaired) electrons. The van der Waals surface area contributed by atoms with Gasteiger partial charge in [0.1, 0.15) is 23.2 Å². The lowest BCUT2D eigenvalue weighted by molar-refractivity contribution is -0.145. The first kappa shape index (κ1) is 28.9. The maximum atomic E-state index is 14.2. The first-order chi connectivity index (χ1) is 18.4. The molecule has 0 unspecified atom stereocenters. The number of carbonyl (C=O) groups is 1. The number of nitrogens with two attached hydrogens (primary N) is 1. The smallest absolute Gasteiger partial charge is 0.420 e. The molecule has 4 rings (SSSR count). The SMILES string of the molecule is N[C@@H](Cc1cc(C(F)(F)F)c(O)c(C(F)(F)F)c1-c1ccc2[nH]cc(S(=O)(=O)c3ccc(F)cc3)c2c1)C(=O)O. The van der Waals surface area contributed by atoms with Crippen molar-refractivity contribution in [1.82, 2.24) is 4.98 Å². The average Bonchev–Trinajstić information content (AvgIpc) is 3.27. The van der Waals surface area contributed by atoms with E-state index in [0.717, 1.165) is 48.7 Å². The Morgan fingerprint density at radius 2 is 1.60 bits per heavy atom. The summed E-state index contributed by atoms with van der Waals surface area (Å²) in [6.07, 6.45) is -11.0. The minimum atomic E-state index is -5.57. The molecule has 0 saturated heterocycles. The number of halogens is 7. The number of carboxylic acid groups (broad SMARTS) is 1. The zero-order chi connectivity index (χ0) is 29.8. The second kappa shape index (κ2) is 9.82. The number of phenolic OH excluding ortho intramolecular Hbond substituents is 1. The van der Waals surface area contributed by atoms with Gasteiger partial charge < -0.3 is 20.9 Å². The van der Waals surface area contributed by atoms with E-state index in [4.69, 9.17) is 10.8 Å². The molecule has 0 spiro atoms. The van der Waals surface area contributed by atoms with E-state index < -0.39 is 84.9 Å². The fourth-order valence-corrected chi connectivity index (χ4v) is 5.67. The average molecular weight is 590 g/mol. The van der Waals surface area contributed by atoms with Crippen molar-refractivity contribution in [3.05, 3.63) is 77.2 Å². The molecule has 0 aliphatic rings. The lowest BCUT2D eigenvalue weighted by Crippen LogP contribution is -2.32. The quantitative estimate of drug-likeness (QED) is 0.173. The zero-order valence-electron chi connectivity index (χ0n) is 19.7. The van der Waals surface area contributed by atoms with Crippen LogP contribution in [-0.2, 0) is 33.4 Å². The summed E-state index contributed by atoms with van der Waals surface area (Å²) in [6, 6.07) is 5.08. The number of alkyl halides is 6. The fraction of sp³-hybridized carbons (Fsp3) is 0.160. The van der Waals surface area contributed by atoms with Gasteiger partial charge in [0.2, 0.25) is 9.84 Å². The molecule has 0 aliphatic carbocycles. The van der Waals surface area contributed by atoms with Crippen molar-refractivity contribution >= 4 is 26.7 Å². The van der Waals surface area contributed by atoms with Crippen molar-refractivity contribution in [2.75, 3.05) is 0 Å². The molecule has 0 amide bonds. The van der Waals surface area contributed by atoms with Crippen LogP contribution >= 0.6 is 0 Å². The van der Waals surface area contributed by atoms with Gasteiger partial charge in [0.05, 0.1) is 15.4 Å². The number of sulfone groups is 1. The minimum absolute atomic E-state index is 0.109. The van der Waals surface area contributed by atoms with Gasteiger partial charge in [-0.3, -0.25) is 4.79 Å². The number of phenols is 1.